The van der Waals surface area contributed by atoms with Crippen molar-refractivity contribution in [3.63, 3.8) is 0 Å². The smallest absolute Gasteiger partial charge is 0.332 e. The lowest BCUT2D eigenvalue weighted by Gasteiger charge is -2.43. The predicted molar refractivity (Wildman–Crippen MR) is 105 cm³/mol. The van der Waals surface area contributed by atoms with Crippen molar-refractivity contribution < 1.29 is 9.53 Å². The Labute approximate surface area is 161 Å². The number of fused-ring (bicyclic) bond motifs is 1. The first-order chi connectivity index (χ1) is 12.9. The lowest BCUT2D eigenvalue weighted by atomic mass is 9.67. The quantitative estimate of drug-likeness (QED) is 0.522. The van der Waals surface area contributed by atoms with Gasteiger partial charge in [0.1, 0.15) is 0 Å². The van der Waals surface area contributed by atoms with Crippen LogP contribution in [0.1, 0.15) is 51.2 Å². The van der Waals surface area contributed by atoms with E-state index in [1.165, 1.54) is 24.0 Å². The van der Waals surface area contributed by atoms with Crippen LogP contribution >= 0.6 is 0 Å². The van der Waals surface area contributed by atoms with Crippen molar-refractivity contribution in [3.05, 3.63) is 58.2 Å². The Hall–Kier alpha value is -2.31. The van der Waals surface area contributed by atoms with Crippen LogP contribution in [-0.4, -0.2) is 35.6 Å². The van der Waals surface area contributed by atoms with E-state index in [1.807, 2.05) is 0 Å². The first-order valence-corrected chi connectivity index (χ1v) is 9.95. The number of hydrogen-bond donors (Lipinski definition) is 0. The summed E-state index contributed by atoms with van der Waals surface area (Å²) in [6.45, 7) is 8.63. The van der Waals surface area contributed by atoms with E-state index in [9.17, 15) is 4.79 Å². The van der Waals surface area contributed by atoms with Gasteiger partial charge < -0.3 is 4.74 Å². The number of piperidine rings is 1. The molecule has 3 heterocycles. The molecule has 1 spiro atoms. The highest BCUT2D eigenvalue weighted by atomic mass is 16.6. The maximum atomic E-state index is 12.1. The Morgan fingerprint density at radius 2 is 1.93 bits per heavy atom. The van der Waals surface area contributed by atoms with Crippen LogP contribution in [0.2, 0.25) is 0 Å². The molecule has 0 aromatic heterocycles. The Bertz CT molecular complexity index is 949. The molecule has 3 heteroatoms. The summed E-state index contributed by atoms with van der Waals surface area (Å²) in [4.78, 5) is 14.6. The average Bonchev–Trinajstić information content (AvgIpc) is 3.08. The summed E-state index contributed by atoms with van der Waals surface area (Å²) in [5.41, 5.74) is 5.28. The van der Waals surface area contributed by atoms with E-state index in [4.69, 9.17) is 4.74 Å². The topological polar surface area (TPSA) is 29.5 Å². The van der Waals surface area contributed by atoms with Gasteiger partial charge in [0.15, 0.2) is 5.60 Å². The highest BCUT2D eigenvalue weighted by Gasteiger charge is 2.66. The zero-order chi connectivity index (χ0) is 18.8. The van der Waals surface area contributed by atoms with Gasteiger partial charge in [-0.1, -0.05) is 51.2 Å². The first kappa shape index (κ1) is 16.8. The van der Waals surface area contributed by atoms with Crippen LogP contribution in [-0.2, 0) is 14.9 Å². The SMILES string of the molecule is CC(C)(C)c1ccc(C#CC2=C3CN4CCCCC4[C@]34OC(=O)C=C24)cc1. The van der Waals surface area contributed by atoms with Crippen LogP contribution in [0, 0.1) is 11.8 Å². The molecule has 0 bridgehead atoms. The first-order valence-electron chi connectivity index (χ1n) is 9.95. The van der Waals surface area contributed by atoms with Crippen LogP contribution < -0.4 is 0 Å². The second-order valence-electron chi connectivity index (χ2n) is 9.13. The Balaban J connectivity index is 1.49. The van der Waals surface area contributed by atoms with E-state index in [-0.39, 0.29) is 11.4 Å². The third kappa shape index (κ3) is 2.36. The van der Waals surface area contributed by atoms with E-state index < -0.39 is 5.60 Å². The van der Waals surface area contributed by atoms with Gasteiger partial charge in [0, 0.05) is 34.9 Å². The van der Waals surface area contributed by atoms with Gasteiger partial charge in [0.25, 0.3) is 0 Å². The number of esters is 1. The van der Waals surface area contributed by atoms with Crippen molar-refractivity contribution >= 4 is 5.97 Å². The summed E-state index contributed by atoms with van der Waals surface area (Å²) in [5, 5.41) is 0. The summed E-state index contributed by atoms with van der Waals surface area (Å²) in [7, 11) is 0. The van der Waals surface area contributed by atoms with Gasteiger partial charge in [-0.15, -0.1) is 0 Å². The van der Waals surface area contributed by atoms with Gasteiger partial charge in [0.2, 0.25) is 0 Å². The molecule has 0 radical (unpaired) electrons. The number of rotatable bonds is 0. The fourth-order valence-corrected chi connectivity index (χ4v) is 5.06. The number of benzene rings is 1. The molecular formula is C24H25NO2. The molecule has 2 atom stereocenters. The molecule has 2 fully saturated rings. The zero-order valence-corrected chi connectivity index (χ0v) is 16.3. The Morgan fingerprint density at radius 1 is 1.15 bits per heavy atom. The molecule has 2 saturated heterocycles. The van der Waals surface area contributed by atoms with E-state index in [0.717, 1.165) is 36.2 Å². The van der Waals surface area contributed by atoms with Crippen molar-refractivity contribution in [1.82, 2.24) is 4.90 Å². The number of carbonyl (C=O) groups excluding carboxylic acids is 1. The third-order valence-electron chi connectivity index (χ3n) is 6.47. The van der Waals surface area contributed by atoms with Crippen molar-refractivity contribution in [1.29, 1.82) is 0 Å². The van der Waals surface area contributed by atoms with Crippen LogP contribution in [0.25, 0.3) is 0 Å². The van der Waals surface area contributed by atoms with Crippen LogP contribution in [0.4, 0.5) is 0 Å². The summed E-state index contributed by atoms with van der Waals surface area (Å²) < 4.78 is 5.88. The van der Waals surface area contributed by atoms with E-state index in [1.54, 1.807) is 6.08 Å². The van der Waals surface area contributed by atoms with Crippen molar-refractivity contribution in [2.24, 2.45) is 0 Å². The molecule has 1 aromatic rings. The predicted octanol–water partition coefficient (Wildman–Crippen LogP) is 3.74. The molecule has 4 aliphatic rings. The lowest BCUT2D eigenvalue weighted by Crippen LogP contribution is -2.52. The van der Waals surface area contributed by atoms with Crippen molar-refractivity contribution in [2.75, 3.05) is 13.1 Å². The van der Waals surface area contributed by atoms with Crippen LogP contribution in [0.15, 0.2) is 47.1 Å². The Morgan fingerprint density at radius 3 is 2.67 bits per heavy atom. The molecular weight excluding hydrogens is 334 g/mol. The van der Waals surface area contributed by atoms with Gasteiger partial charge in [-0.3, -0.25) is 4.90 Å². The summed E-state index contributed by atoms with van der Waals surface area (Å²) in [5.74, 6) is 6.47. The molecule has 0 amide bonds. The average molecular weight is 359 g/mol. The van der Waals surface area contributed by atoms with E-state index >= 15 is 0 Å². The fourth-order valence-electron chi connectivity index (χ4n) is 5.06. The number of ether oxygens (including phenoxy) is 1. The number of carbonyl (C=O) groups is 1. The largest absolute Gasteiger partial charge is 0.445 e. The minimum Gasteiger partial charge on any atom is -0.445 e. The summed E-state index contributed by atoms with van der Waals surface area (Å²) >= 11 is 0. The normalized spacial score (nSPS) is 29.1. The minimum atomic E-state index is -0.475. The standard InChI is InChI=1S/C24H25NO2/c1-23(2,3)17-10-7-16(8-11-17)9-12-18-19-14-22(26)27-24(19)20(18)15-25-13-5-4-6-21(24)25/h7-8,10-11,14,21H,4-6,13,15H2,1-3H3/t21?,24-/m1/s1. The van der Waals surface area contributed by atoms with Crippen molar-refractivity contribution in [3.8, 4) is 11.8 Å². The molecule has 5 rings (SSSR count). The van der Waals surface area contributed by atoms with Gasteiger partial charge in [-0.25, -0.2) is 4.79 Å². The van der Waals surface area contributed by atoms with Crippen LogP contribution in [0.3, 0.4) is 0 Å². The maximum Gasteiger partial charge on any atom is 0.332 e. The fraction of sp³-hybridized carbons (Fsp3) is 0.458. The highest BCUT2D eigenvalue weighted by molar-refractivity contribution is 5.94. The second kappa shape index (κ2) is 5.59. The van der Waals surface area contributed by atoms with Gasteiger partial charge in [-0.05, 0) is 42.5 Å². The molecule has 138 valence electrons. The molecule has 27 heavy (non-hydrogen) atoms. The van der Waals surface area contributed by atoms with E-state index in [2.05, 4.69) is 61.8 Å². The molecule has 3 aliphatic heterocycles. The molecule has 1 aliphatic carbocycles. The summed E-state index contributed by atoms with van der Waals surface area (Å²) in [6.07, 6.45) is 5.22. The lowest BCUT2D eigenvalue weighted by molar-refractivity contribution is -0.146. The molecule has 3 nitrogen and oxygen atoms in total. The van der Waals surface area contributed by atoms with Gasteiger partial charge >= 0.3 is 5.97 Å². The van der Waals surface area contributed by atoms with Crippen LogP contribution in [0.5, 0.6) is 0 Å². The van der Waals surface area contributed by atoms with Gasteiger partial charge in [-0.2, -0.15) is 0 Å². The van der Waals surface area contributed by atoms with Crippen molar-refractivity contribution in [2.45, 2.75) is 57.1 Å². The molecule has 0 saturated carbocycles. The molecule has 1 aromatic carbocycles. The molecule has 1 unspecified atom stereocenters. The highest BCUT2D eigenvalue weighted by Crippen LogP contribution is 2.58. The second-order valence-corrected chi connectivity index (χ2v) is 9.13. The number of nitrogens with zero attached hydrogens (tertiary/aromatic N) is 1. The monoisotopic (exact) mass is 359 g/mol. The number of hydrogen-bond acceptors (Lipinski definition) is 3. The minimum absolute atomic E-state index is 0.144. The maximum absolute atomic E-state index is 12.1. The van der Waals surface area contributed by atoms with Gasteiger partial charge in [0.05, 0.1) is 6.04 Å². The third-order valence-corrected chi connectivity index (χ3v) is 6.47. The molecule has 0 N–H and O–H groups in total. The Kier molecular flexibility index (Phi) is 3.49. The zero-order valence-electron chi connectivity index (χ0n) is 16.3. The summed E-state index contributed by atoms with van der Waals surface area (Å²) in [6, 6.07) is 8.81. The van der Waals surface area contributed by atoms with E-state index in [0.29, 0.717) is 6.04 Å².